The Morgan fingerprint density at radius 2 is 1.80 bits per heavy atom. The van der Waals surface area contributed by atoms with E-state index in [2.05, 4.69) is 19.0 Å². The maximum Gasteiger partial charge on any atom is 0.414 e. The zero-order chi connectivity index (χ0) is 14.7. The highest BCUT2D eigenvalue weighted by Crippen LogP contribution is 2.40. The molecule has 1 aliphatic rings. The quantitative estimate of drug-likeness (QED) is 0.847. The van der Waals surface area contributed by atoms with Crippen LogP contribution in [0.5, 0.6) is 5.75 Å². The molecule has 0 aromatic heterocycles. The molecular formula is C16H24N2O2. The minimum absolute atomic E-state index is 0.333. The van der Waals surface area contributed by atoms with Crippen molar-refractivity contribution in [3.63, 3.8) is 0 Å². The molecule has 1 fully saturated rings. The Hall–Kier alpha value is -1.71. The van der Waals surface area contributed by atoms with Gasteiger partial charge in [-0.3, -0.25) is 0 Å². The first-order valence-corrected chi connectivity index (χ1v) is 7.19. The first-order chi connectivity index (χ1) is 9.49. The van der Waals surface area contributed by atoms with Crippen LogP contribution in [0.25, 0.3) is 0 Å². The van der Waals surface area contributed by atoms with Crippen LogP contribution in [0.1, 0.15) is 37.2 Å². The molecule has 0 saturated heterocycles. The van der Waals surface area contributed by atoms with Crippen LogP contribution in [-0.2, 0) is 0 Å². The van der Waals surface area contributed by atoms with Gasteiger partial charge in [0.15, 0.2) is 0 Å². The summed E-state index contributed by atoms with van der Waals surface area (Å²) in [5, 5.41) is 0. The van der Waals surface area contributed by atoms with Crippen LogP contribution < -0.4 is 9.64 Å². The van der Waals surface area contributed by atoms with Gasteiger partial charge in [-0.05, 0) is 42.5 Å². The lowest BCUT2D eigenvalue weighted by Crippen LogP contribution is -2.25. The molecule has 1 amide bonds. The summed E-state index contributed by atoms with van der Waals surface area (Å²) >= 11 is 0. The van der Waals surface area contributed by atoms with Crippen molar-refractivity contribution in [3.8, 4) is 5.75 Å². The van der Waals surface area contributed by atoms with Gasteiger partial charge in [0.05, 0.1) is 0 Å². The molecule has 0 radical (unpaired) electrons. The van der Waals surface area contributed by atoms with Crippen LogP contribution in [0.3, 0.4) is 0 Å². The molecule has 2 rings (SSSR count). The van der Waals surface area contributed by atoms with E-state index in [1.807, 2.05) is 18.2 Å². The number of carbonyl (C=O) groups excluding carboxylic acids is 1. The van der Waals surface area contributed by atoms with E-state index in [1.54, 1.807) is 14.1 Å². The lowest BCUT2D eigenvalue weighted by Gasteiger charge is -2.22. The van der Waals surface area contributed by atoms with E-state index in [-0.39, 0.29) is 6.09 Å². The molecule has 0 atom stereocenters. The van der Waals surface area contributed by atoms with E-state index < -0.39 is 0 Å². The molecule has 20 heavy (non-hydrogen) atoms. The number of benzene rings is 1. The van der Waals surface area contributed by atoms with Crippen molar-refractivity contribution < 1.29 is 9.53 Å². The second kappa shape index (κ2) is 6.16. The van der Waals surface area contributed by atoms with Crippen molar-refractivity contribution in [2.45, 2.75) is 31.6 Å². The number of ether oxygens (including phenoxy) is 1. The van der Waals surface area contributed by atoms with E-state index in [0.29, 0.717) is 11.7 Å². The Morgan fingerprint density at radius 1 is 1.15 bits per heavy atom. The molecule has 110 valence electrons. The summed E-state index contributed by atoms with van der Waals surface area (Å²) in [4.78, 5) is 15.2. The van der Waals surface area contributed by atoms with Crippen LogP contribution in [-0.4, -0.2) is 39.2 Å². The molecule has 0 heterocycles. The van der Waals surface area contributed by atoms with E-state index >= 15 is 0 Å². The van der Waals surface area contributed by atoms with Gasteiger partial charge in [-0.25, -0.2) is 4.79 Å². The van der Waals surface area contributed by atoms with Gasteiger partial charge in [-0.2, -0.15) is 0 Å². The van der Waals surface area contributed by atoms with Gasteiger partial charge in [-0.15, -0.1) is 0 Å². The summed E-state index contributed by atoms with van der Waals surface area (Å²) in [6, 6.07) is 5.95. The lowest BCUT2D eigenvalue weighted by atomic mass is 9.95. The zero-order valence-electron chi connectivity index (χ0n) is 12.8. The Labute approximate surface area is 121 Å². The van der Waals surface area contributed by atoms with Gasteiger partial charge < -0.3 is 14.5 Å². The average molecular weight is 276 g/mol. The van der Waals surface area contributed by atoms with E-state index in [0.717, 1.165) is 0 Å². The summed E-state index contributed by atoms with van der Waals surface area (Å²) in [5.74, 6) is 1.22. The predicted molar refractivity (Wildman–Crippen MR) is 81.7 cm³/mol. The Bertz CT molecular complexity index is 477. The Morgan fingerprint density at radius 3 is 2.35 bits per heavy atom. The molecule has 0 aliphatic heterocycles. The van der Waals surface area contributed by atoms with Crippen molar-refractivity contribution in [1.82, 2.24) is 4.90 Å². The molecule has 1 aromatic carbocycles. The summed E-state index contributed by atoms with van der Waals surface area (Å²) < 4.78 is 5.38. The van der Waals surface area contributed by atoms with Gasteiger partial charge in [0, 0.05) is 33.9 Å². The molecule has 1 aliphatic carbocycles. The Kier molecular flexibility index (Phi) is 4.53. The maximum absolute atomic E-state index is 11.7. The number of amides is 1. The summed E-state index contributed by atoms with van der Waals surface area (Å²) in [5.41, 5.74) is 2.53. The third-order valence-electron chi connectivity index (χ3n) is 3.85. The van der Waals surface area contributed by atoms with Gasteiger partial charge in [0.25, 0.3) is 0 Å². The standard InChI is InChI=1S/C16H24N2O2/c1-17(2)15-10-9-13(20-16(19)18(3)4)11-14(15)12-7-5-6-8-12/h9-12H,5-8H2,1-4H3. The van der Waals surface area contributed by atoms with Crippen LogP contribution in [0, 0.1) is 0 Å². The minimum Gasteiger partial charge on any atom is -0.410 e. The second-order valence-corrected chi connectivity index (χ2v) is 5.86. The molecule has 4 heteroatoms. The van der Waals surface area contributed by atoms with Crippen molar-refractivity contribution >= 4 is 11.8 Å². The monoisotopic (exact) mass is 276 g/mol. The SMILES string of the molecule is CN(C)C(=O)Oc1ccc(N(C)C)c(C2CCCC2)c1. The van der Waals surface area contributed by atoms with E-state index in [4.69, 9.17) is 4.74 Å². The van der Waals surface area contributed by atoms with Crippen LogP contribution >= 0.6 is 0 Å². The molecule has 1 saturated carbocycles. The lowest BCUT2D eigenvalue weighted by molar-refractivity contribution is 0.172. The zero-order valence-corrected chi connectivity index (χ0v) is 12.8. The van der Waals surface area contributed by atoms with Gasteiger partial charge in [0.1, 0.15) is 5.75 Å². The summed E-state index contributed by atoms with van der Waals surface area (Å²) in [7, 11) is 7.49. The summed E-state index contributed by atoms with van der Waals surface area (Å²) in [6.07, 6.45) is 4.70. The molecular weight excluding hydrogens is 252 g/mol. The Balaban J connectivity index is 2.28. The van der Waals surface area contributed by atoms with Gasteiger partial charge >= 0.3 is 6.09 Å². The molecule has 0 N–H and O–H groups in total. The highest BCUT2D eigenvalue weighted by Gasteiger charge is 2.22. The topological polar surface area (TPSA) is 32.8 Å². The van der Waals surface area contributed by atoms with Crippen LogP contribution in [0.4, 0.5) is 10.5 Å². The fourth-order valence-corrected chi connectivity index (χ4v) is 2.76. The van der Waals surface area contributed by atoms with E-state index in [9.17, 15) is 4.79 Å². The van der Waals surface area contributed by atoms with E-state index in [1.165, 1.54) is 41.8 Å². The fourth-order valence-electron chi connectivity index (χ4n) is 2.76. The highest BCUT2D eigenvalue weighted by atomic mass is 16.6. The fraction of sp³-hybridized carbons (Fsp3) is 0.562. The van der Waals surface area contributed by atoms with Crippen molar-refractivity contribution in [2.75, 3.05) is 33.1 Å². The third kappa shape index (κ3) is 3.24. The minimum atomic E-state index is -0.333. The number of nitrogens with zero attached hydrogens (tertiary/aromatic N) is 2. The summed E-state index contributed by atoms with van der Waals surface area (Å²) in [6.45, 7) is 0. The average Bonchev–Trinajstić information content (AvgIpc) is 2.91. The molecule has 0 spiro atoms. The highest BCUT2D eigenvalue weighted by molar-refractivity contribution is 5.70. The van der Waals surface area contributed by atoms with Crippen molar-refractivity contribution in [1.29, 1.82) is 0 Å². The van der Waals surface area contributed by atoms with Crippen LogP contribution in [0.2, 0.25) is 0 Å². The first kappa shape index (κ1) is 14.7. The van der Waals surface area contributed by atoms with Gasteiger partial charge in [0.2, 0.25) is 0 Å². The molecule has 4 nitrogen and oxygen atoms in total. The molecule has 0 bridgehead atoms. The number of carbonyl (C=O) groups is 1. The van der Waals surface area contributed by atoms with Crippen molar-refractivity contribution in [2.24, 2.45) is 0 Å². The molecule has 0 unspecified atom stereocenters. The number of rotatable bonds is 3. The normalized spacial score (nSPS) is 15.2. The largest absolute Gasteiger partial charge is 0.414 e. The van der Waals surface area contributed by atoms with Gasteiger partial charge in [-0.1, -0.05) is 12.8 Å². The predicted octanol–water partition coefficient (Wildman–Crippen LogP) is 3.47. The maximum atomic E-state index is 11.7. The number of hydrogen-bond donors (Lipinski definition) is 0. The van der Waals surface area contributed by atoms with Crippen molar-refractivity contribution in [3.05, 3.63) is 23.8 Å². The second-order valence-electron chi connectivity index (χ2n) is 5.86. The number of anilines is 1. The third-order valence-corrected chi connectivity index (χ3v) is 3.85. The first-order valence-electron chi connectivity index (χ1n) is 7.19. The van der Waals surface area contributed by atoms with Crippen LogP contribution in [0.15, 0.2) is 18.2 Å². The number of hydrogen-bond acceptors (Lipinski definition) is 3. The smallest absolute Gasteiger partial charge is 0.410 e. The molecule has 1 aromatic rings.